The molecule has 4 heteroatoms. The van der Waals surface area contributed by atoms with Crippen LogP contribution in [0.5, 0.6) is 0 Å². The molecule has 0 aliphatic carbocycles. The van der Waals surface area contributed by atoms with E-state index < -0.39 is 0 Å². The van der Waals surface area contributed by atoms with Crippen LogP contribution in [-0.4, -0.2) is 33.4 Å². The van der Waals surface area contributed by atoms with E-state index in [4.69, 9.17) is 0 Å². The summed E-state index contributed by atoms with van der Waals surface area (Å²) in [4.78, 5) is 18.1. The first-order valence-electron chi connectivity index (χ1n) is 6.22. The molecule has 18 heavy (non-hydrogen) atoms. The van der Waals surface area contributed by atoms with Gasteiger partial charge in [0.1, 0.15) is 0 Å². The molecule has 0 spiro atoms. The van der Waals surface area contributed by atoms with E-state index >= 15 is 0 Å². The van der Waals surface area contributed by atoms with Gasteiger partial charge >= 0.3 is 0 Å². The summed E-state index contributed by atoms with van der Waals surface area (Å²) in [6.45, 7) is 1.78. The van der Waals surface area contributed by atoms with Gasteiger partial charge in [-0.3, -0.25) is 4.79 Å². The molecule has 3 rings (SSSR count). The van der Waals surface area contributed by atoms with Crippen LogP contribution >= 0.6 is 0 Å². The van der Waals surface area contributed by atoms with Gasteiger partial charge in [-0.1, -0.05) is 0 Å². The summed E-state index contributed by atoms with van der Waals surface area (Å²) >= 11 is 0. The van der Waals surface area contributed by atoms with Crippen LogP contribution in [0.1, 0.15) is 23.2 Å². The Hall–Kier alpha value is -2.10. The lowest BCUT2D eigenvalue weighted by Crippen LogP contribution is -2.27. The molecule has 1 aromatic heterocycles. The second kappa shape index (κ2) is 4.64. The third-order valence-electron chi connectivity index (χ3n) is 3.31. The number of rotatable bonds is 2. The monoisotopic (exact) mass is 241 g/mol. The zero-order valence-corrected chi connectivity index (χ0v) is 10.1. The lowest BCUT2D eigenvalue weighted by molar-refractivity contribution is 0.0793. The van der Waals surface area contributed by atoms with Crippen LogP contribution in [0.2, 0.25) is 0 Å². The molecule has 1 fully saturated rings. The molecule has 1 aromatic carbocycles. The van der Waals surface area contributed by atoms with Gasteiger partial charge in [0.2, 0.25) is 0 Å². The van der Waals surface area contributed by atoms with Gasteiger partial charge in [0, 0.05) is 36.7 Å². The fraction of sp³-hybridized carbons (Fsp3) is 0.286. The fourth-order valence-electron chi connectivity index (χ4n) is 2.29. The van der Waals surface area contributed by atoms with E-state index in [0.29, 0.717) is 0 Å². The zero-order valence-electron chi connectivity index (χ0n) is 10.1. The average Bonchev–Trinajstić information content (AvgIpc) is 3.11. The first-order chi connectivity index (χ1) is 8.84. The second-order valence-corrected chi connectivity index (χ2v) is 4.52. The van der Waals surface area contributed by atoms with Gasteiger partial charge in [0.05, 0.1) is 6.33 Å². The van der Waals surface area contributed by atoms with Crippen molar-refractivity contribution in [1.82, 2.24) is 14.5 Å². The predicted octanol–water partition coefficient (Wildman–Crippen LogP) is 2.11. The Morgan fingerprint density at radius 1 is 1.11 bits per heavy atom. The summed E-state index contributed by atoms with van der Waals surface area (Å²) in [5.74, 6) is 0.143. The largest absolute Gasteiger partial charge is 0.339 e. The Bertz CT molecular complexity index is 525. The Balaban J connectivity index is 1.80. The molecule has 0 saturated carbocycles. The number of hydrogen-bond acceptors (Lipinski definition) is 2. The Kier molecular flexibility index (Phi) is 2.84. The van der Waals surface area contributed by atoms with Crippen LogP contribution in [0.15, 0.2) is 43.0 Å². The third-order valence-corrected chi connectivity index (χ3v) is 3.31. The highest BCUT2D eigenvalue weighted by Crippen LogP contribution is 2.15. The van der Waals surface area contributed by atoms with E-state index in [1.165, 1.54) is 0 Å². The van der Waals surface area contributed by atoms with Crippen LogP contribution in [0.25, 0.3) is 5.69 Å². The summed E-state index contributed by atoms with van der Waals surface area (Å²) in [5.41, 5.74) is 1.78. The van der Waals surface area contributed by atoms with Gasteiger partial charge in [-0.25, -0.2) is 4.98 Å². The van der Waals surface area contributed by atoms with Crippen LogP contribution < -0.4 is 0 Å². The number of imidazole rings is 1. The SMILES string of the molecule is O=C(c1ccc(-n2ccnc2)cc1)N1CCCC1. The van der Waals surface area contributed by atoms with Crippen molar-refractivity contribution in [2.75, 3.05) is 13.1 Å². The molecule has 1 aliphatic rings. The lowest BCUT2D eigenvalue weighted by atomic mass is 10.2. The number of likely N-dealkylation sites (tertiary alicyclic amines) is 1. The van der Waals surface area contributed by atoms with Gasteiger partial charge < -0.3 is 9.47 Å². The van der Waals surface area contributed by atoms with Crippen LogP contribution in [-0.2, 0) is 0 Å². The summed E-state index contributed by atoms with van der Waals surface area (Å²) in [7, 11) is 0. The second-order valence-electron chi connectivity index (χ2n) is 4.52. The lowest BCUT2D eigenvalue weighted by Gasteiger charge is -2.15. The number of carbonyl (C=O) groups excluding carboxylic acids is 1. The molecule has 1 saturated heterocycles. The van der Waals surface area contributed by atoms with Crippen molar-refractivity contribution in [2.24, 2.45) is 0 Å². The molecule has 4 nitrogen and oxygen atoms in total. The predicted molar refractivity (Wildman–Crippen MR) is 68.7 cm³/mol. The highest BCUT2D eigenvalue weighted by Gasteiger charge is 2.19. The number of aromatic nitrogens is 2. The summed E-state index contributed by atoms with van der Waals surface area (Å²) in [5, 5.41) is 0. The van der Waals surface area contributed by atoms with Crippen molar-refractivity contribution in [1.29, 1.82) is 0 Å². The zero-order chi connectivity index (χ0) is 12.4. The summed E-state index contributed by atoms with van der Waals surface area (Å²) in [6, 6.07) is 7.67. The molecule has 92 valence electrons. The van der Waals surface area contributed by atoms with Crippen LogP contribution in [0, 0.1) is 0 Å². The van der Waals surface area contributed by atoms with Crippen LogP contribution in [0.3, 0.4) is 0 Å². The number of benzene rings is 1. The Morgan fingerprint density at radius 2 is 1.83 bits per heavy atom. The molecule has 0 unspecified atom stereocenters. The molecule has 1 aliphatic heterocycles. The number of nitrogens with zero attached hydrogens (tertiary/aromatic N) is 3. The van der Waals surface area contributed by atoms with Gasteiger partial charge in [-0.15, -0.1) is 0 Å². The van der Waals surface area contributed by atoms with Gasteiger partial charge in [-0.2, -0.15) is 0 Å². The number of carbonyl (C=O) groups is 1. The van der Waals surface area contributed by atoms with Gasteiger partial charge in [-0.05, 0) is 37.1 Å². The summed E-state index contributed by atoms with van der Waals surface area (Å²) in [6.07, 6.45) is 7.62. The molecule has 2 heterocycles. The third kappa shape index (κ3) is 2.01. The molecule has 0 bridgehead atoms. The molecule has 0 atom stereocenters. The number of amides is 1. The maximum Gasteiger partial charge on any atom is 0.253 e. The van der Waals surface area contributed by atoms with E-state index in [1.54, 1.807) is 12.5 Å². The van der Waals surface area contributed by atoms with E-state index in [2.05, 4.69) is 4.98 Å². The van der Waals surface area contributed by atoms with Crippen molar-refractivity contribution in [2.45, 2.75) is 12.8 Å². The van der Waals surface area contributed by atoms with Crippen molar-refractivity contribution < 1.29 is 4.79 Å². The molecular weight excluding hydrogens is 226 g/mol. The highest BCUT2D eigenvalue weighted by atomic mass is 16.2. The standard InChI is InChI=1S/C14H15N3O/c18-14(16-8-1-2-9-16)12-3-5-13(6-4-12)17-10-7-15-11-17/h3-7,10-11H,1-2,8-9H2. The van der Waals surface area contributed by atoms with Gasteiger partial charge in [0.15, 0.2) is 0 Å². The smallest absolute Gasteiger partial charge is 0.253 e. The minimum absolute atomic E-state index is 0.143. The number of hydrogen-bond donors (Lipinski definition) is 0. The highest BCUT2D eigenvalue weighted by molar-refractivity contribution is 5.94. The minimum Gasteiger partial charge on any atom is -0.339 e. The van der Waals surface area contributed by atoms with E-state index in [9.17, 15) is 4.79 Å². The van der Waals surface area contributed by atoms with E-state index in [1.807, 2.05) is 39.9 Å². The van der Waals surface area contributed by atoms with Gasteiger partial charge in [0.25, 0.3) is 5.91 Å². The molecule has 0 radical (unpaired) electrons. The molecule has 1 amide bonds. The normalized spacial score (nSPS) is 15.0. The molecule has 0 N–H and O–H groups in total. The topological polar surface area (TPSA) is 38.1 Å². The first-order valence-corrected chi connectivity index (χ1v) is 6.22. The van der Waals surface area contributed by atoms with Crippen LogP contribution in [0.4, 0.5) is 0 Å². The molecule has 2 aromatic rings. The van der Waals surface area contributed by atoms with E-state index in [-0.39, 0.29) is 5.91 Å². The maximum absolute atomic E-state index is 12.2. The maximum atomic E-state index is 12.2. The average molecular weight is 241 g/mol. The van der Waals surface area contributed by atoms with Crippen molar-refractivity contribution >= 4 is 5.91 Å². The Morgan fingerprint density at radius 3 is 2.44 bits per heavy atom. The molecular formula is C14H15N3O. The minimum atomic E-state index is 0.143. The van der Waals surface area contributed by atoms with E-state index in [0.717, 1.165) is 37.2 Å². The summed E-state index contributed by atoms with van der Waals surface area (Å²) < 4.78 is 1.92. The Labute approximate surface area is 106 Å². The van der Waals surface area contributed by atoms with Crippen molar-refractivity contribution in [3.05, 3.63) is 48.5 Å². The fourth-order valence-corrected chi connectivity index (χ4v) is 2.29. The first kappa shape index (κ1) is 11.0. The van der Waals surface area contributed by atoms with Crippen molar-refractivity contribution in [3.8, 4) is 5.69 Å². The quantitative estimate of drug-likeness (QED) is 0.807. The van der Waals surface area contributed by atoms with Crippen molar-refractivity contribution in [3.63, 3.8) is 0 Å².